The zero-order chi connectivity index (χ0) is 10.8. The van der Waals surface area contributed by atoms with Crippen molar-refractivity contribution in [2.24, 2.45) is 5.92 Å². The van der Waals surface area contributed by atoms with Crippen molar-refractivity contribution >= 4 is 0 Å². The van der Waals surface area contributed by atoms with Gasteiger partial charge >= 0.3 is 0 Å². The fourth-order valence-electron chi connectivity index (χ4n) is 1.57. The zero-order valence-electron chi connectivity index (χ0n) is 10.1. The van der Waals surface area contributed by atoms with Crippen LogP contribution in [0.2, 0.25) is 0 Å². The van der Waals surface area contributed by atoms with E-state index in [0.717, 1.165) is 19.5 Å². The summed E-state index contributed by atoms with van der Waals surface area (Å²) in [6.07, 6.45) is 5.90. The van der Waals surface area contributed by atoms with E-state index in [1.807, 2.05) is 0 Å². The molecule has 0 rings (SSSR count). The summed E-state index contributed by atoms with van der Waals surface area (Å²) in [5.74, 6) is 0.590. The van der Waals surface area contributed by atoms with Gasteiger partial charge in [-0.1, -0.05) is 40.0 Å². The van der Waals surface area contributed by atoms with Gasteiger partial charge in [0, 0.05) is 6.54 Å². The number of nitrogens with one attached hydrogen (secondary N) is 1. The first kappa shape index (κ1) is 13.9. The fraction of sp³-hybridized carbons (Fsp3) is 1.00. The van der Waals surface area contributed by atoms with Crippen molar-refractivity contribution in [1.29, 1.82) is 0 Å². The highest BCUT2D eigenvalue weighted by Gasteiger charge is 2.05. The Balaban J connectivity index is 3.10. The summed E-state index contributed by atoms with van der Waals surface area (Å²) in [6.45, 7) is 8.31. The van der Waals surface area contributed by atoms with Gasteiger partial charge in [0.1, 0.15) is 0 Å². The SMILES string of the molecule is CCCCCCNCC(O)CC(C)C. The molecule has 14 heavy (non-hydrogen) atoms. The van der Waals surface area contributed by atoms with Crippen LogP contribution in [0.15, 0.2) is 0 Å². The molecule has 0 aliphatic carbocycles. The van der Waals surface area contributed by atoms with Crippen molar-refractivity contribution in [3.05, 3.63) is 0 Å². The van der Waals surface area contributed by atoms with Crippen molar-refractivity contribution in [3.63, 3.8) is 0 Å². The van der Waals surface area contributed by atoms with Crippen LogP contribution < -0.4 is 5.32 Å². The Hall–Kier alpha value is -0.0800. The molecule has 0 aromatic carbocycles. The second-order valence-electron chi connectivity index (χ2n) is 4.55. The molecule has 0 heterocycles. The molecule has 2 N–H and O–H groups in total. The quantitative estimate of drug-likeness (QED) is 0.562. The predicted molar refractivity (Wildman–Crippen MR) is 62.5 cm³/mol. The summed E-state index contributed by atoms with van der Waals surface area (Å²) in [7, 11) is 0. The molecule has 2 nitrogen and oxygen atoms in total. The van der Waals surface area contributed by atoms with Crippen molar-refractivity contribution in [2.45, 2.75) is 59.0 Å². The standard InChI is InChI=1S/C12H27NO/c1-4-5-6-7-8-13-10-12(14)9-11(2)3/h11-14H,4-10H2,1-3H3. The van der Waals surface area contributed by atoms with Gasteiger partial charge in [0.15, 0.2) is 0 Å². The second kappa shape index (κ2) is 9.47. The van der Waals surface area contributed by atoms with E-state index in [1.54, 1.807) is 0 Å². The first-order valence-corrected chi connectivity index (χ1v) is 6.05. The minimum Gasteiger partial charge on any atom is -0.392 e. The van der Waals surface area contributed by atoms with Crippen LogP contribution in [0, 0.1) is 5.92 Å². The largest absolute Gasteiger partial charge is 0.392 e. The lowest BCUT2D eigenvalue weighted by atomic mass is 10.1. The highest BCUT2D eigenvalue weighted by atomic mass is 16.3. The van der Waals surface area contributed by atoms with E-state index in [9.17, 15) is 5.11 Å². The Morgan fingerprint density at radius 1 is 1.14 bits per heavy atom. The van der Waals surface area contributed by atoms with Gasteiger partial charge in [0.2, 0.25) is 0 Å². The lowest BCUT2D eigenvalue weighted by Crippen LogP contribution is -2.28. The first-order valence-electron chi connectivity index (χ1n) is 6.05. The topological polar surface area (TPSA) is 32.3 Å². The van der Waals surface area contributed by atoms with Gasteiger partial charge in [-0.15, -0.1) is 0 Å². The number of aliphatic hydroxyl groups excluding tert-OH is 1. The molecule has 0 amide bonds. The highest BCUT2D eigenvalue weighted by molar-refractivity contribution is 4.61. The maximum atomic E-state index is 9.56. The average Bonchev–Trinajstić information content (AvgIpc) is 2.10. The third-order valence-corrected chi connectivity index (χ3v) is 2.33. The Labute approximate surface area is 89.1 Å². The van der Waals surface area contributed by atoms with Crippen LogP contribution in [0.25, 0.3) is 0 Å². The molecular formula is C12H27NO. The summed E-state index contributed by atoms with van der Waals surface area (Å²) in [4.78, 5) is 0. The van der Waals surface area contributed by atoms with Crippen LogP contribution in [0.4, 0.5) is 0 Å². The van der Waals surface area contributed by atoms with E-state index in [-0.39, 0.29) is 6.10 Å². The van der Waals surface area contributed by atoms with Crippen molar-refractivity contribution in [3.8, 4) is 0 Å². The lowest BCUT2D eigenvalue weighted by Gasteiger charge is -2.13. The first-order chi connectivity index (χ1) is 6.66. The molecular weight excluding hydrogens is 174 g/mol. The van der Waals surface area contributed by atoms with E-state index in [0.29, 0.717) is 5.92 Å². The third kappa shape index (κ3) is 10.0. The van der Waals surface area contributed by atoms with Gasteiger partial charge in [0.05, 0.1) is 6.10 Å². The molecule has 86 valence electrons. The molecule has 0 fully saturated rings. The van der Waals surface area contributed by atoms with Crippen LogP contribution in [-0.2, 0) is 0 Å². The number of hydrogen-bond acceptors (Lipinski definition) is 2. The summed E-state index contributed by atoms with van der Waals surface area (Å²) >= 11 is 0. The Bertz CT molecular complexity index is 115. The molecule has 1 unspecified atom stereocenters. The maximum absolute atomic E-state index is 9.56. The van der Waals surface area contributed by atoms with E-state index in [1.165, 1.54) is 25.7 Å². The van der Waals surface area contributed by atoms with Crippen molar-refractivity contribution in [1.82, 2.24) is 5.32 Å². The summed E-state index contributed by atoms with van der Waals surface area (Å²) in [5, 5.41) is 12.9. The molecule has 0 aromatic heterocycles. The normalized spacial score (nSPS) is 13.5. The van der Waals surface area contributed by atoms with Gasteiger partial charge in [0.25, 0.3) is 0 Å². The van der Waals surface area contributed by atoms with Crippen LogP contribution in [-0.4, -0.2) is 24.3 Å². The molecule has 0 radical (unpaired) electrons. The molecule has 0 spiro atoms. The minimum absolute atomic E-state index is 0.166. The predicted octanol–water partition coefficient (Wildman–Crippen LogP) is 2.56. The smallest absolute Gasteiger partial charge is 0.0667 e. The van der Waals surface area contributed by atoms with E-state index >= 15 is 0 Å². The number of hydrogen-bond donors (Lipinski definition) is 2. The lowest BCUT2D eigenvalue weighted by molar-refractivity contribution is 0.146. The van der Waals surface area contributed by atoms with Crippen LogP contribution >= 0.6 is 0 Å². The number of aliphatic hydroxyl groups is 1. The van der Waals surface area contributed by atoms with E-state index in [4.69, 9.17) is 0 Å². The van der Waals surface area contributed by atoms with Gasteiger partial charge in [-0.2, -0.15) is 0 Å². The number of unbranched alkanes of at least 4 members (excludes halogenated alkanes) is 3. The van der Waals surface area contributed by atoms with Gasteiger partial charge < -0.3 is 10.4 Å². The monoisotopic (exact) mass is 201 g/mol. The second-order valence-corrected chi connectivity index (χ2v) is 4.55. The van der Waals surface area contributed by atoms with Gasteiger partial charge in [-0.25, -0.2) is 0 Å². The summed E-state index contributed by atoms with van der Waals surface area (Å²) in [5.41, 5.74) is 0. The van der Waals surface area contributed by atoms with Crippen molar-refractivity contribution < 1.29 is 5.11 Å². The minimum atomic E-state index is -0.166. The highest BCUT2D eigenvalue weighted by Crippen LogP contribution is 2.03. The van der Waals surface area contributed by atoms with E-state index in [2.05, 4.69) is 26.1 Å². The maximum Gasteiger partial charge on any atom is 0.0667 e. The van der Waals surface area contributed by atoms with Gasteiger partial charge in [-0.05, 0) is 25.3 Å². The molecule has 0 aliphatic rings. The third-order valence-electron chi connectivity index (χ3n) is 2.33. The molecule has 2 heteroatoms. The molecule has 1 atom stereocenters. The fourth-order valence-corrected chi connectivity index (χ4v) is 1.57. The average molecular weight is 201 g/mol. The molecule has 0 bridgehead atoms. The summed E-state index contributed by atoms with van der Waals surface area (Å²) < 4.78 is 0. The van der Waals surface area contributed by atoms with Crippen molar-refractivity contribution in [2.75, 3.05) is 13.1 Å². The van der Waals surface area contributed by atoms with Gasteiger partial charge in [-0.3, -0.25) is 0 Å². The zero-order valence-corrected chi connectivity index (χ0v) is 10.1. The molecule has 0 saturated heterocycles. The summed E-state index contributed by atoms with van der Waals surface area (Å²) in [6, 6.07) is 0. The Morgan fingerprint density at radius 3 is 2.43 bits per heavy atom. The van der Waals surface area contributed by atoms with Crippen LogP contribution in [0.1, 0.15) is 52.9 Å². The Kier molecular flexibility index (Phi) is 9.42. The molecule has 0 saturated carbocycles. The Morgan fingerprint density at radius 2 is 1.86 bits per heavy atom. The van der Waals surface area contributed by atoms with Crippen LogP contribution in [0.3, 0.4) is 0 Å². The van der Waals surface area contributed by atoms with Crippen LogP contribution in [0.5, 0.6) is 0 Å². The number of rotatable bonds is 9. The van der Waals surface area contributed by atoms with E-state index < -0.39 is 0 Å². The molecule has 0 aliphatic heterocycles. The molecule has 0 aromatic rings.